The van der Waals surface area contributed by atoms with Gasteiger partial charge in [0.05, 0.1) is 6.10 Å². The summed E-state index contributed by atoms with van der Waals surface area (Å²) in [5.41, 5.74) is -0.627. The fraction of sp³-hybridized carbons (Fsp3) is 0.824. The molecule has 2 nitrogen and oxygen atoms in total. The van der Waals surface area contributed by atoms with Gasteiger partial charge in [-0.05, 0) is 49.9 Å². The maximum absolute atomic E-state index is 12.7. The number of aliphatic hydroxyl groups excluding tert-OH is 1. The topological polar surface area (TPSA) is 37.3 Å². The summed E-state index contributed by atoms with van der Waals surface area (Å²) >= 11 is 0. The number of carbonyl (C=O) groups excluding carboxylic acids is 1. The van der Waals surface area contributed by atoms with Gasteiger partial charge in [-0.2, -0.15) is 0 Å². The number of carbonyl (C=O) groups is 1. The quantitative estimate of drug-likeness (QED) is 0.735. The van der Waals surface area contributed by atoms with Gasteiger partial charge in [0.25, 0.3) is 0 Å². The van der Waals surface area contributed by atoms with Gasteiger partial charge in [-0.1, -0.05) is 26.8 Å². The van der Waals surface area contributed by atoms with Crippen molar-refractivity contribution >= 4 is 5.78 Å². The molecule has 2 saturated carbocycles. The first-order valence-corrected chi connectivity index (χ1v) is 7.60. The van der Waals surface area contributed by atoms with Crippen LogP contribution >= 0.6 is 0 Å². The summed E-state index contributed by atoms with van der Waals surface area (Å²) in [5.74, 6) is 1.29. The Bertz CT molecular complexity index is 389. The second kappa shape index (κ2) is 4.73. The molecule has 2 aliphatic carbocycles. The van der Waals surface area contributed by atoms with Crippen LogP contribution in [0.25, 0.3) is 0 Å². The summed E-state index contributed by atoms with van der Waals surface area (Å²) in [4.78, 5) is 12.7. The largest absolute Gasteiger partial charge is 0.393 e. The molecule has 2 heteroatoms. The number of hydrogen-bond acceptors (Lipinski definition) is 2. The predicted octanol–water partition coefficient (Wildman–Crippen LogP) is 3.59. The van der Waals surface area contributed by atoms with Crippen molar-refractivity contribution in [1.82, 2.24) is 0 Å². The summed E-state index contributed by atoms with van der Waals surface area (Å²) in [7, 11) is 0. The van der Waals surface area contributed by atoms with Gasteiger partial charge in [-0.3, -0.25) is 4.79 Å². The van der Waals surface area contributed by atoms with E-state index in [0.29, 0.717) is 18.3 Å². The minimum Gasteiger partial charge on any atom is -0.393 e. The Hall–Kier alpha value is -0.630. The van der Waals surface area contributed by atoms with Gasteiger partial charge in [0.15, 0.2) is 0 Å². The zero-order valence-corrected chi connectivity index (χ0v) is 12.8. The van der Waals surface area contributed by atoms with Crippen LogP contribution in [0.1, 0.15) is 53.4 Å². The van der Waals surface area contributed by atoms with Crippen molar-refractivity contribution in [2.45, 2.75) is 59.5 Å². The number of ketones is 1. The smallest absolute Gasteiger partial charge is 0.145 e. The zero-order valence-electron chi connectivity index (χ0n) is 12.8. The van der Waals surface area contributed by atoms with E-state index >= 15 is 0 Å². The molecule has 0 aromatic heterocycles. The maximum atomic E-state index is 12.7. The molecule has 6 unspecified atom stereocenters. The molecule has 2 fully saturated rings. The number of hydrogen-bond donors (Lipinski definition) is 1. The van der Waals surface area contributed by atoms with Crippen LogP contribution < -0.4 is 0 Å². The zero-order chi connectivity index (χ0) is 14.4. The van der Waals surface area contributed by atoms with E-state index in [9.17, 15) is 9.90 Å². The third kappa shape index (κ3) is 2.18. The van der Waals surface area contributed by atoms with Crippen LogP contribution in [0.2, 0.25) is 0 Å². The molecular weight excluding hydrogens is 236 g/mol. The minimum atomic E-state index is -0.574. The number of fused-ring (bicyclic) bond motifs is 2. The third-order valence-electron chi connectivity index (χ3n) is 6.31. The van der Waals surface area contributed by atoms with E-state index in [-0.39, 0.29) is 17.1 Å². The Labute approximate surface area is 117 Å². The van der Waals surface area contributed by atoms with Crippen molar-refractivity contribution in [1.29, 1.82) is 0 Å². The van der Waals surface area contributed by atoms with Gasteiger partial charge >= 0.3 is 0 Å². The molecule has 6 atom stereocenters. The van der Waals surface area contributed by atoms with Gasteiger partial charge in [0.2, 0.25) is 0 Å². The lowest BCUT2D eigenvalue weighted by Gasteiger charge is -2.51. The second-order valence-electron chi connectivity index (χ2n) is 7.44. The first-order chi connectivity index (χ1) is 8.74. The summed E-state index contributed by atoms with van der Waals surface area (Å²) in [6, 6.07) is 0. The molecule has 0 aliphatic heterocycles. The number of Topliss-reactive ketones (excluding diaryl/α,β-unsaturated/α-hetero) is 1. The van der Waals surface area contributed by atoms with Gasteiger partial charge in [0.1, 0.15) is 5.78 Å². The highest BCUT2D eigenvalue weighted by Crippen LogP contribution is 2.53. The number of rotatable bonds is 1. The average Bonchev–Trinajstić information content (AvgIpc) is 2.39. The fourth-order valence-electron chi connectivity index (χ4n) is 4.21. The molecule has 2 bridgehead atoms. The first kappa shape index (κ1) is 14.8. The van der Waals surface area contributed by atoms with Crippen molar-refractivity contribution in [3.8, 4) is 0 Å². The van der Waals surface area contributed by atoms with Crippen molar-refractivity contribution in [2.24, 2.45) is 28.6 Å². The summed E-state index contributed by atoms with van der Waals surface area (Å²) in [6.45, 7) is 12.3. The highest BCUT2D eigenvalue weighted by Gasteiger charge is 2.51. The van der Waals surface area contributed by atoms with Gasteiger partial charge < -0.3 is 5.11 Å². The molecule has 0 spiro atoms. The summed E-state index contributed by atoms with van der Waals surface area (Å²) in [6.07, 6.45) is 5.08. The van der Waals surface area contributed by atoms with Gasteiger partial charge in [-0.15, -0.1) is 6.58 Å². The van der Waals surface area contributed by atoms with Crippen LogP contribution in [0.5, 0.6) is 0 Å². The van der Waals surface area contributed by atoms with Crippen LogP contribution in [0.3, 0.4) is 0 Å². The molecule has 0 saturated heterocycles. The average molecular weight is 264 g/mol. The Balaban J connectivity index is 2.43. The molecular formula is C17H28O2. The Kier molecular flexibility index (Phi) is 3.68. The van der Waals surface area contributed by atoms with Crippen LogP contribution in [0, 0.1) is 28.6 Å². The Morgan fingerprint density at radius 3 is 2.47 bits per heavy atom. The first-order valence-electron chi connectivity index (χ1n) is 7.60. The molecule has 1 N–H and O–H groups in total. The summed E-state index contributed by atoms with van der Waals surface area (Å²) in [5, 5.41) is 10.7. The molecule has 0 aromatic carbocycles. The van der Waals surface area contributed by atoms with E-state index in [2.05, 4.69) is 27.4 Å². The molecule has 0 amide bonds. The van der Waals surface area contributed by atoms with E-state index < -0.39 is 11.5 Å². The monoisotopic (exact) mass is 264 g/mol. The van der Waals surface area contributed by atoms with Crippen LogP contribution in [-0.4, -0.2) is 17.0 Å². The van der Waals surface area contributed by atoms with Crippen LogP contribution in [-0.2, 0) is 4.79 Å². The highest BCUT2D eigenvalue weighted by atomic mass is 16.3. The fourth-order valence-corrected chi connectivity index (χ4v) is 4.21. The molecule has 0 heterocycles. The van der Waals surface area contributed by atoms with Gasteiger partial charge in [-0.25, -0.2) is 0 Å². The highest BCUT2D eigenvalue weighted by molar-refractivity contribution is 5.88. The molecule has 0 aromatic rings. The van der Waals surface area contributed by atoms with Crippen LogP contribution in [0.15, 0.2) is 12.7 Å². The summed E-state index contributed by atoms with van der Waals surface area (Å²) < 4.78 is 0. The normalized spacial score (nSPS) is 51.3. The van der Waals surface area contributed by atoms with Crippen molar-refractivity contribution < 1.29 is 9.90 Å². The lowest BCUT2D eigenvalue weighted by atomic mass is 9.54. The molecule has 19 heavy (non-hydrogen) atoms. The van der Waals surface area contributed by atoms with Crippen molar-refractivity contribution in [2.75, 3.05) is 0 Å². The second-order valence-corrected chi connectivity index (χ2v) is 7.44. The van der Waals surface area contributed by atoms with E-state index in [1.807, 2.05) is 6.92 Å². The van der Waals surface area contributed by atoms with Crippen molar-refractivity contribution in [3.05, 3.63) is 12.7 Å². The predicted molar refractivity (Wildman–Crippen MR) is 77.7 cm³/mol. The van der Waals surface area contributed by atoms with E-state index in [1.165, 1.54) is 0 Å². The van der Waals surface area contributed by atoms with E-state index in [0.717, 1.165) is 19.3 Å². The molecule has 2 aliphatic rings. The van der Waals surface area contributed by atoms with Crippen molar-refractivity contribution in [3.63, 3.8) is 0 Å². The van der Waals surface area contributed by atoms with E-state index in [1.54, 1.807) is 6.08 Å². The number of allylic oxidation sites excluding steroid dienone is 1. The Morgan fingerprint density at radius 2 is 1.89 bits per heavy atom. The molecule has 108 valence electrons. The molecule has 2 rings (SSSR count). The van der Waals surface area contributed by atoms with Crippen LogP contribution in [0.4, 0.5) is 0 Å². The lowest BCUT2D eigenvalue weighted by molar-refractivity contribution is -0.143. The molecule has 0 radical (unpaired) electrons. The SMILES string of the molecule is C=CC1(C)CC(O)C2(C)CC(CCC2C)C(C)C1=O. The minimum absolute atomic E-state index is 0.0534. The number of aliphatic hydroxyl groups is 1. The maximum Gasteiger partial charge on any atom is 0.145 e. The Morgan fingerprint density at radius 1 is 1.26 bits per heavy atom. The standard InChI is InChI=1S/C17H28O2/c1-6-16(4)10-14(18)17(5)9-13(8-7-11(17)2)12(3)15(16)19/h6,11-14,18H,1,7-10H2,2-5H3. The van der Waals surface area contributed by atoms with E-state index in [4.69, 9.17) is 0 Å². The van der Waals surface area contributed by atoms with Gasteiger partial charge in [0, 0.05) is 11.3 Å². The lowest BCUT2D eigenvalue weighted by Crippen LogP contribution is -2.51. The third-order valence-corrected chi connectivity index (χ3v) is 6.31.